The highest BCUT2D eigenvalue weighted by Gasteiger charge is 2.14. The summed E-state index contributed by atoms with van der Waals surface area (Å²) >= 11 is 5.94. The fourth-order valence-electron chi connectivity index (χ4n) is 2.47. The van der Waals surface area contributed by atoms with E-state index in [-0.39, 0.29) is 18.9 Å². The Balaban J connectivity index is 2.11. The molecule has 7 heteroatoms. The summed E-state index contributed by atoms with van der Waals surface area (Å²) in [6, 6.07) is 12.5. The van der Waals surface area contributed by atoms with Gasteiger partial charge in [0, 0.05) is 29.4 Å². The van der Waals surface area contributed by atoms with Crippen LogP contribution in [0.15, 0.2) is 42.5 Å². The highest BCUT2D eigenvalue weighted by molar-refractivity contribution is 6.30. The maximum Gasteiger partial charge on any atom is 0.243 e. The van der Waals surface area contributed by atoms with Crippen molar-refractivity contribution in [2.45, 2.75) is 13.3 Å². The van der Waals surface area contributed by atoms with Gasteiger partial charge in [-0.05, 0) is 55.0 Å². The zero-order valence-corrected chi connectivity index (χ0v) is 15.5. The summed E-state index contributed by atoms with van der Waals surface area (Å²) in [7, 11) is 1.59. The number of hydrogen-bond acceptors (Lipinski definition) is 4. The number of anilines is 2. The fraction of sp³-hybridized carbons (Fsp3) is 0.263. The maximum atomic E-state index is 12.5. The number of nitrogens with one attached hydrogen (secondary N) is 1. The molecular weight excluding hydrogens is 354 g/mol. The number of halogens is 1. The number of primary amides is 1. The first kappa shape index (κ1) is 19.6. The van der Waals surface area contributed by atoms with Crippen molar-refractivity contribution in [1.82, 2.24) is 0 Å². The number of hydrogen-bond donors (Lipinski definition) is 2. The molecule has 0 saturated carbocycles. The van der Waals surface area contributed by atoms with Crippen molar-refractivity contribution >= 4 is 34.8 Å². The second-order valence-corrected chi connectivity index (χ2v) is 6.28. The molecule has 2 aromatic carbocycles. The number of amides is 2. The van der Waals surface area contributed by atoms with E-state index in [4.69, 9.17) is 22.1 Å². The second kappa shape index (κ2) is 9.10. The van der Waals surface area contributed by atoms with E-state index >= 15 is 0 Å². The first-order valence-electron chi connectivity index (χ1n) is 8.12. The molecule has 6 nitrogen and oxygen atoms in total. The molecule has 2 aromatic rings. The van der Waals surface area contributed by atoms with Gasteiger partial charge in [-0.25, -0.2) is 0 Å². The number of methoxy groups -OCH3 is 1. The molecule has 2 rings (SSSR count). The average Bonchev–Trinajstić information content (AvgIpc) is 2.61. The van der Waals surface area contributed by atoms with Crippen LogP contribution in [0.1, 0.15) is 12.0 Å². The van der Waals surface area contributed by atoms with Gasteiger partial charge in [-0.3, -0.25) is 9.59 Å². The van der Waals surface area contributed by atoms with Crippen LogP contribution in [0.4, 0.5) is 11.4 Å². The zero-order chi connectivity index (χ0) is 19.1. The standard InChI is InChI=1S/C19H22ClN3O3/c1-13-11-14(20)3-8-17(13)22-19(25)12-23(10-9-18(21)24)15-4-6-16(26-2)7-5-15/h3-8,11H,9-10,12H2,1-2H3,(H2,21,24)(H,22,25). The summed E-state index contributed by atoms with van der Waals surface area (Å²) in [6.07, 6.45) is 0.152. The minimum Gasteiger partial charge on any atom is -0.497 e. The maximum absolute atomic E-state index is 12.5. The van der Waals surface area contributed by atoms with Crippen molar-refractivity contribution in [3.63, 3.8) is 0 Å². The second-order valence-electron chi connectivity index (χ2n) is 5.84. The lowest BCUT2D eigenvalue weighted by molar-refractivity contribution is -0.118. The summed E-state index contributed by atoms with van der Waals surface area (Å²) in [5.74, 6) is 0.0954. The summed E-state index contributed by atoms with van der Waals surface area (Å²) in [4.78, 5) is 25.4. The number of nitrogens with two attached hydrogens (primary N) is 1. The molecule has 0 aromatic heterocycles. The lowest BCUT2D eigenvalue weighted by Gasteiger charge is -2.24. The molecule has 0 unspecified atom stereocenters. The summed E-state index contributed by atoms with van der Waals surface area (Å²) in [5.41, 5.74) is 7.63. The number of aryl methyl sites for hydroxylation is 1. The molecule has 0 radical (unpaired) electrons. The Hall–Kier alpha value is -2.73. The van der Waals surface area contributed by atoms with Crippen molar-refractivity contribution in [2.24, 2.45) is 5.73 Å². The molecule has 0 aliphatic rings. The topological polar surface area (TPSA) is 84.7 Å². The number of carbonyl (C=O) groups is 2. The van der Waals surface area contributed by atoms with Crippen LogP contribution in [0.5, 0.6) is 5.75 Å². The number of benzene rings is 2. The molecule has 0 heterocycles. The van der Waals surface area contributed by atoms with E-state index in [1.54, 1.807) is 42.3 Å². The fourth-order valence-corrected chi connectivity index (χ4v) is 2.69. The van der Waals surface area contributed by atoms with E-state index < -0.39 is 5.91 Å². The van der Waals surface area contributed by atoms with E-state index in [9.17, 15) is 9.59 Å². The van der Waals surface area contributed by atoms with Crippen LogP contribution in [0, 0.1) is 6.92 Å². The third-order valence-corrected chi connectivity index (χ3v) is 4.10. The molecule has 138 valence electrons. The van der Waals surface area contributed by atoms with Gasteiger partial charge < -0.3 is 20.7 Å². The lowest BCUT2D eigenvalue weighted by Crippen LogP contribution is -2.35. The van der Waals surface area contributed by atoms with Crippen LogP contribution in [0.2, 0.25) is 5.02 Å². The molecule has 0 aliphatic heterocycles. The summed E-state index contributed by atoms with van der Waals surface area (Å²) < 4.78 is 5.15. The first-order chi connectivity index (χ1) is 12.4. The normalized spacial score (nSPS) is 10.3. The molecule has 0 saturated heterocycles. The molecule has 3 N–H and O–H groups in total. The monoisotopic (exact) mass is 375 g/mol. The number of ether oxygens (including phenoxy) is 1. The van der Waals surface area contributed by atoms with Crippen LogP contribution in [-0.4, -0.2) is 32.0 Å². The molecular formula is C19H22ClN3O3. The predicted octanol–water partition coefficient (Wildman–Crippen LogP) is 2.98. The molecule has 26 heavy (non-hydrogen) atoms. The third kappa shape index (κ3) is 5.67. The first-order valence-corrected chi connectivity index (χ1v) is 8.50. The lowest BCUT2D eigenvalue weighted by atomic mass is 10.2. The minimum absolute atomic E-state index is 0.0850. The van der Waals surface area contributed by atoms with E-state index in [2.05, 4.69) is 5.32 Å². The van der Waals surface area contributed by atoms with Crippen molar-refractivity contribution in [1.29, 1.82) is 0 Å². The Morgan fingerprint density at radius 1 is 1.19 bits per heavy atom. The Kier molecular flexibility index (Phi) is 6.86. The van der Waals surface area contributed by atoms with E-state index in [0.29, 0.717) is 23.0 Å². The highest BCUT2D eigenvalue weighted by Crippen LogP contribution is 2.21. The quantitative estimate of drug-likeness (QED) is 0.742. The molecule has 0 spiro atoms. The van der Waals surface area contributed by atoms with Crippen LogP contribution in [0.25, 0.3) is 0 Å². The van der Waals surface area contributed by atoms with Crippen molar-refractivity contribution in [3.8, 4) is 5.75 Å². The number of nitrogens with zero attached hydrogens (tertiary/aromatic N) is 1. The SMILES string of the molecule is COc1ccc(N(CCC(N)=O)CC(=O)Nc2ccc(Cl)cc2C)cc1. The van der Waals surface area contributed by atoms with Gasteiger partial charge in [-0.15, -0.1) is 0 Å². The smallest absolute Gasteiger partial charge is 0.243 e. The van der Waals surface area contributed by atoms with Gasteiger partial charge in [-0.2, -0.15) is 0 Å². The molecule has 0 atom stereocenters. The van der Waals surface area contributed by atoms with Gasteiger partial charge >= 0.3 is 0 Å². The van der Waals surface area contributed by atoms with Gasteiger partial charge in [0.2, 0.25) is 11.8 Å². The summed E-state index contributed by atoms with van der Waals surface area (Å²) in [6.45, 7) is 2.30. The molecule has 0 bridgehead atoms. The Labute approximate surface area is 157 Å². The number of carbonyl (C=O) groups excluding carboxylic acids is 2. The van der Waals surface area contributed by atoms with Crippen LogP contribution in [0.3, 0.4) is 0 Å². The average molecular weight is 376 g/mol. The molecule has 0 fully saturated rings. The van der Waals surface area contributed by atoms with E-state index in [0.717, 1.165) is 11.3 Å². The Morgan fingerprint density at radius 2 is 1.88 bits per heavy atom. The Bertz CT molecular complexity index is 778. The highest BCUT2D eigenvalue weighted by atomic mass is 35.5. The van der Waals surface area contributed by atoms with E-state index in [1.165, 1.54) is 0 Å². The van der Waals surface area contributed by atoms with Crippen molar-refractivity contribution < 1.29 is 14.3 Å². The predicted molar refractivity (Wildman–Crippen MR) is 104 cm³/mol. The van der Waals surface area contributed by atoms with Gasteiger partial charge in [0.1, 0.15) is 5.75 Å². The van der Waals surface area contributed by atoms with Crippen LogP contribution in [-0.2, 0) is 9.59 Å². The van der Waals surface area contributed by atoms with E-state index in [1.807, 2.05) is 19.1 Å². The van der Waals surface area contributed by atoms with Gasteiger partial charge in [-0.1, -0.05) is 11.6 Å². The van der Waals surface area contributed by atoms with Gasteiger partial charge in [0.15, 0.2) is 0 Å². The Morgan fingerprint density at radius 3 is 2.46 bits per heavy atom. The van der Waals surface area contributed by atoms with Crippen LogP contribution < -0.4 is 20.7 Å². The van der Waals surface area contributed by atoms with Gasteiger partial charge in [0.05, 0.1) is 13.7 Å². The van der Waals surface area contributed by atoms with Crippen molar-refractivity contribution in [3.05, 3.63) is 53.1 Å². The van der Waals surface area contributed by atoms with Crippen LogP contribution >= 0.6 is 11.6 Å². The third-order valence-electron chi connectivity index (χ3n) is 3.86. The summed E-state index contributed by atoms with van der Waals surface area (Å²) in [5, 5.41) is 3.48. The number of rotatable bonds is 8. The van der Waals surface area contributed by atoms with Gasteiger partial charge in [0.25, 0.3) is 0 Å². The largest absolute Gasteiger partial charge is 0.497 e. The van der Waals surface area contributed by atoms with Crippen molar-refractivity contribution in [2.75, 3.05) is 30.4 Å². The zero-order valence-electron chi connectivity index (χ0n) is 14.8. The molecule has 0 aliphatic carbocycles. The molecule has 2 amide bonds. The minimum atomic E-state index is -0.419.